The number of likely N-dealkylation sites (N-methyl/N-ethyl adjacent to an activating group) is 2. The second-order valence-electron chi connectivity index (χ2n) is 4.86. The molecule has 94 valence electrons. The molecule has 2 unspecified atom stereocenters. The summed E-state index contributed by atoms with van der Waals surface area (Å²) < 4.78 is 5.27. The summed E-state index contributed by atoms with van der Waals surface area (Å²) in [5.74, 6) is 0.868. The number of benzene rings is 1. The molecule has 0 saturated carbocycles. The lowest BCUT2D eigenvalue weighted by Crippen LogP contribution is -2.49. The van der Waals surface area contributed by atoms with E-state index in [0.29, 0.717) is 6.04 Å². The number of ether oxygens (including phenoxy) is 1. The van der Waals surface area contributed by atoms with Crippen molar-refractivity contribution in [1.82, 2.24) is 4.90 Å². The fraction of sp³-hybridized carbons (Fsp3) is 0.538. The molecule has 17 heavy (non-hydrogen) atoms. The zero-order chi connectivity index (χ0) is 12.6. The average molecular weight is 235 g/mol. The molecule has 1 aromatic rings. The Balaban J connectivity index is 2.42. The van der Waals surface area contributed by atoms with E-state index >= 15 is 0 Å². The summed E-state index contributed by atoms with van der Waals surface area (Å²) in [4.78, 5) is 4.44. The van der Waals surface area contributed by atoms with Crippen LogP contribution in [0.3, 0.4) is 0 Å². The smallest absolute Gasteiger partial charge is 0.119 e. The van der Waals surface area contributed by atoms with Crippen molar-refractivity contribution in [3.63, 3.8) is 0 Å². The van der Waals surface area contributed by atoms with Gasteiger partial charge < -0.3 is 20.3 Å². The Morgan fingerprint density at radius 1 is 1.41 bits per heavy atom. The topological polar surface area (TPSA) is 41.7 Å². The lowest BCUT2D eigenvalue weighted by molar-refractivity contribution is 0.251. The van der Waals surface area contributed by atoms with Crippen LogP contribution in [0.2, 0.25) is 0 Å². The molecular weight excluding hydrogens is 214 g/mol. The third-order valence-corrected chi connectivity index (χ3v) is 3.54. The molecular formula is C13H21N3O. The van der Waals surface area contributed by atoms with Gasteiger partial charge in [-0.1, -0.05) is 0 Å². The number of nitrogens with zero attached hydrogens (tertiary/aromatic N) is 2. The van der Waals surface area contributed by atoms with Gasteiger partial charge in [0.15, 0.2) is 0 Å². The van der Waals surface area contributed by atoms with Crippen LogP contribution in [0, 0.1) is 0 Å². The maximum Gasteiger partial charge on any atom is 0.119 e. The molecule has 0 spiro atoms. The van der Waals surface area contributed by atoms with E-state index in [2.05, 4.69) is 37.0 Å². The van der Waals surface area contributed by atoms with Crippen molar-refractivity contribution < 1.29 is 4.74 Å². The maximum atomic E-state index is 6.35. The van der Waals surface area contributed by atoms with Gasteiger partial charge in [-0.25, -0.2) is 0 Å². The molecule has 2 atom stereocenters. The Bertz CT molecular complexity index is 406. The zero-order valence-electron chi connectivity index (χ0n) is 11.0. The van der Waals surface area contributed by atoms with E-state index in [4.69, 9.17) is 10.5 Å². The van der Waals surface area contributed by atoms with Crippen LogP contribution in [0.15, 0.2) is 18.2 Å². The molecule has 1 aliphatic heterocycles. The van der Waals surface area contributed by atoms with E-state index in [9.17, 15) is 0 Å². The first-order chi connectivity index (χ1) is 8.04. The Morgan fingerprint density at radius 2 is 2.12 bits per heavy atom. The van der Waals surface area contributed by atoms with Crippen molar-refractivity contribution in [3.05, 3.63) is 23.8 Å². The first kappa shape index (κ1) is 12.2. The number of hydrogen-bond acceptors (Lipinski definition) is 4. The minimum atomic E-state index is 0.0336. The fourth-order valence-corrected chi connectivity index (χ4v) is 2.46. The van der Waals surface area contributed by atoms with E-state index in [0.717, 1.165) is 17.9 Å². The molecule has 1 aliphatic rings. The predicted molar refractivity (Wildman–Crippen MR) is 70.7 cm³/mol. The van der Waals surface area contributed by atoms with Crippen molar-refractivity contribution >= 4 is 5.69 Å². The third kappa shape index (κ3) is 2.10. The van der Waals surface area contributed by atoms with Gasteiger partial charge in [-0.3, -0.25) is 0 Å². The monoisotopic (exact) mass is 235 g/mol. The Morgan fingerprint density at radius 3 is 2.71 bits per heavy atom. The summed E-state index contributed by atoms with van der Waals surface area (Å²) >= 11 is 0. The fourth-order valence-electron chi connectivity index (χ4n) is 2.46. The summed E-state index contributed by atoms with van der Waals surface area (Å²) in [6.07, 6.45) is 0. The Hall–Kier alpha value is -1.26. The van der Waals surface area contributed by atoms with Gasteiger partial charge in [-0.15, -0.1) is 0 Å². The second-order valence-corrected chi connectivity index (χ2v) is 4.86. The highest BCUT2D eigenvalue weighted by molar-refractivity contribution is 5.59. The molecule has 0 aliphatic carbocycles. The van der Waals surface area contributed by atoms with Crippen molar-refractivity contribution in [3.8, 4) is 5.75 Å². The van der Waals surface area contributed by atoms with Crippen LogP contribution >= 0.6 is 0 Å². The molecule has 0 fully saturated rings. The minimum Gasteiger partial charge on any atom is -0.497 e. The first-order valence-electron chi connectivity index (χ1n) is 5.85. The van der Waals surface area contributed by atoms with Crippen LogP contribution in [0.5, 0.6) is 5.75 Å². The van der Waals surface area contributed by atoms with E-state index in [1.807, 2.05) is 12.1 Å². The van der Waals surface area contributed by atoms with Gasteiger partial charge in [-0.05, 0) is 37.9 Å². The predicted octanol–water partition coefficient (Wildman–Crippen LogP) is 1.07. The molecule has 0 bridgehead atoms. The third-order valence-electron chi connectivity index (χ3n) is 3.54. The van der Waals surface area contributed by atoms with Gasteiger partial charge in [-0.2, -0.15) is 0 Å². The summed E-state index contributed by atoms with van der Waals surface area (Å²) in [6.45, 7) is 0.952. The average Bonchev–Trinajstić information content (AvgIpc) is 2.32. The number of methoxy groups -OCH3 is 1. The van der Waals surface area contributed by atoms with Gasteiger partial charge in [0.25, 0.3) is 0 Å². The van der Waals surface area contributed by atoms with Crippen LogP contribution in [-0.2, 0) is 0 Å². The summed E-state index contributed by atoms with van der Waals surface area (Å²) in [5, 5.41) is 0. The van der Waals surface area contributed by atoms with Crippen molar-refractivity contribution in [1.29, 1.82) is 0 Å². The van der Waals surface area contributed by atoms with Crippen molar-refractivity contribution in [2.75, 3.05) is 39.7 Å². The molecule has 4 nitrogen and oxygen atoms in total. The zero-order valence-corrected chi connectivity index (χ0v) is 11.0. The van der Waals surface area contributed by atoms with Gasteiger partial charge >= 0.3 is 0 Å². The number of hydrogen-bond donors (Lipinski definition) is 1. The normalized spacial score (nSPS) is 23.8. The van der Waals surface area contributed by atoms with Crippen LogP contribution in [-0.4, -0.2) is 45.7 Å². The molecule has 0 saturated heterocycles. The van der Waals surface area contributed by atoms with E-state index in [1.165, 1.54) is 5.69 Å². The van der Waals surface area contributed by atoms with E-state index in [1.54, 1.807) is 7.11 Å². The van der Waals surface area contributed by atoms with Crippen LogP contribution in [0.4, 0.5) is 5.69 Å². The van der Waals surface area contributed by atoms with Gasteiger partial charge in [0.2, 0.25) is 0 Å². The first-order valence-corrected chi connectivity index (χ1v) is 5.85. The number of fused-ring (bicyclic) bond motifs is 1. The lowest BCUT2D eigenvalue weighted by atomic mass is 9.92. The Kier molecular flexibility index (Phi) is 3.26. The Labute approximate surface area is 103 Å². The van der Waals surface area contributed by atoms with Gasteiger partial charge in [0, 0.05) is 31.4 Å². The van der Waals surface area contributed by atoms with Crippen LogP contribution in [0.25, 0.3) is 0 Å². The van der Waals surface area contributed by atoms with E-state index in [-0.39, 0.29) is 6.04 Å². The standard InChI is InChI=1S/C13H21N3O/c1-15(2)12-8-16(3)11-6-5-9(17-4)7-10(11)13(12)14/h5-7,12-13H,8,14H2,1-4H3. The molecule has 4 heteroatoms. The highest BCUT2D eigenvalue weighted by Crippen LogP contribution is 2.35. The quantitative estimate of drug-likeness (QED) is 0.833. The number of nitrogens with two attached hydrogens (primary N) is 1. The van der Waals surface area contributed by atoms with Gasteiger partial charge in [0.1, 0.15) is 5.75 Å². The van der Waals surface area contributed by atoms with Crippen molar-refractivity contribution in [2.24, 2.45) is 5.73 Å². The largest absolute Gasteiger partial charge is 0.497 e. The SMILES string of the molecule is COc1ccc2c(c1)C(N)C(N(C)C)CN2C. The summed E-state index contributed by atoms with van der Waals surface area (Å²) in [5.41, 5.74) is 8.72. The minimum absolute atomic E-state index is 0.0336. The maximum absolute atomic E-state index is 6.35. The molecule has 1 heterocycles. The number of anilines is 1. The van der Waals surface area contributed by atoms with E-state index < -0.39 is 0 Å². The number of rotatable bonds is 2. The van der Waals surface area contributed by atoms with Gasteiger partial charge in [0.05, 0.1) is 7.11 Å². The summed E-state index contributed by atoms with van der Waals surface area (Å²) in [7, 11) is 7.93. The molecule has 2 N–H and O–H groups in total. The second kappa shape index (κ2) is 4.55. The summed E-state index contributed by atoms with van der Waals surface area (Å²) in [6, 6.07) is 6.48. The van der Waals surface area contributed by atoms with Crippen LogP contribution in [0.1, 0.15) is 11.6 Å². The van der Waals surface area contributed by atoms with Crippen LogP contribution < -0.4 is 15.4 Å². The molecule has 0 radical (unpaired) electrons. The molecule has 0 amide bonds. The molecule has 0 aromatic heterocycles. The van der Waals surface area contributed by atoms with Crippen molar-refractivity contribution in [2.45, 2.75) is 12.1 Å². The highest BCUT2D eigenvalue weighted by Gasteiger charge is 2.31. The molecule has 1 aromatic carbocycles. The highest BCUT2D eigenvalue weighted by atomic mass is 16.5. The molecule has 2 rings (SSSR count). The lowest BCUT2D eigenvalue weighted by Gasteiger charge is -2.41.